The predicted octanol–water partition coefficient (Wildman–Crippen LogP) is 4.56. The minimum atomic E-state index is 0.0718. The molecule has 0 aliphatic heterocycles. The molecule has 0 atom stereocenters. The molecule has 0 aliphatic rings. The highest BCUT2D eigenvalue weighted by Crippen LogP contribution is 2.24. The molecule has 0 radical (unpaired) electrons. The highest BCUT2D eigenvalue weighted by molar-refractivity contribution is 6.17. The van der Waals surface area contributed by atoms with E-state index < -0.39 is 0 Å². The third kappa shape index (κ3) is 1.92. The number of ketones is 1. The molecule has 3 aromatic carbocycles. The van der Waals surface area contributed by atoms with Crippen LogP contribution < -0.4 is 0 Å². The topological polar surface area (TPSA) is 22.0 Å². The number of para-hydroxylation sites is 1. The van der Waals surface area contributed by atoms with E-state index in [1.54, 1.807) is 0 Å². The van der Waals surface area contributed by atoms with E-state index in [0.29, 0.717) is 0 Å². The first-order chi connectivity index (χ1) is 10.7. The first-order valence-corrected chi connectivity index (χ1v) is 7.31. The van der Waals surface area contributed by atoms with E-state index in [1.807, 2.05) is 78.5 Å². The van der Waals surface area contributed by atoms with E-state index in [2.05, 4.69) is 6.07 Å². The van der Waals surface area contributed by atoms with Gasteiger partial charge in [0.2, 0.25) is 0 Å². The van der Waals surface area contributed by atoms with Crippen molar-refractivity contribution >= 4 is 27.5 Å². The van der Waals surface area contributed by atoms with Crippen molar-refractivity contribution in [3.8, 4) is 0 Å². The second-order valence-electron chi connectivity index (χ2n) is 5.56. The van der Waals surface area contributed by atoms with Crippen LogP contribution in [0.2, 0.25) is 0 Å². The van der Waals surface area contributed by atoms with Gasteiger partial charge in [-0.2, -0.15) is 0 Å². The van der Waals surface area contributed by atoms with Gasteiger partial charge in [-0.25, -0.2) is 0 Å². The summed E-state index contributed by atoms with van der Waals surface area (Å²) in [6.45, 7) is 0. The Hall–Kier alpha value is -2.87. The maximum Gasteiger partial charge on any atom is 0.195 e. The second kappa shape index (κ2) is 4.85. The number of aromatic nitrogens is 1. The highest BCUT2D eigenvalue weighted by Gasteiger charge is 2.15. The number of aryl methyl sites for hydroxylation is 1. The molecule has 4 aromatic rings. The Labute approximate surface area is 128 Å². The molecule has 1 aromatic heterocycles. The monoisotopic (exact) mass is 285 g/mol. The number of nitrogens with zero attached hydrogens (tertiary/aromatic N) is 1. The van der Waals surface area contributed by atoms with Gasteiger partial charge in [-0.1, -0.05) is 54.6 Å². The zero-order valence-electron chi connectivity index (χ0n) is 12.3. The maximum absolute atomic E-state index is 12.9. The summed E-state index contributed by atoms with van der Waals surface area (Å²) >= 11 is 0. The molecule has 0 unspecified atom stereocenters. The first-order valence-electron chi connectivity index (χ1n) is 7.31. The Bertz CT molecular complexity index is 1010. The lowest BCUT2D eigenvalue weighted by Crippen LogP contribution is -2.00. The van der Waals surface area contributed by atoms with Crippen molar-refractivity contribution < 1.29 is 4.79 Å². The number of benzene rings is 3. The molecule has 2 heteroatoms. The van der Waals surface area contributed by atoms with Crippen LogP contribution in [0.3, 0.4) is 0 Å². The molecule has 4 rings (SSSR count). The lowest BCUT2D eigenvalue weighted by Gasteiger charge is -2.02. The molecule has 0 saturated heterocycles. The molecule has 0 spiro atoms. The third-order valence-corrected chi connectivity index (χ3v) is 4.15. The Morgan fingerprint density at radius 1 is 0.864 bits per heavy atom. The Balaban J connectivity index is 1.88. The average Bonchev–Trinajstić information content (AvgIpc) is 2.91. The Morgan fingerprint density at radius 3 is 2.45 bits per heavy atom. The van der Waals surface area contributed by atoms with E-state index in [-0.39, 0.29) is 5.78 Å². The highest BCUT2D eigenvalue weighted by atomic mass is 16.1. The maximum atomic E-state index is 12.9. The van der Waals surface area contributed by atoms with Crippen molar-refractivity contribution in [1.82, 2.24) is 4.57 Å². The van der Waals surface area contributed by atoms with Gasteiger partial charge in [0, 0.05) is 35.3 Å². The molecule has 0 saturated carbocycles. The number of hydrogen-bond acceptors (Lipinski definition) is 1. The Morgan fingerprint density at radius 2 is 1.59 bits per heavy atom. The molecule has 106 valence electrons. The van der Waals surface area contributed by atoms with Gasteiger partial charge in [0.15, 0.2) is 5.78 Å². The zero-order chi connectivity index (χ0) is 15.1. The molecule has 0 N–H and O–H groups in total. The van der Waals surface area contributed by atoms with Crippen LogP contribution in [0.15, 0.2) is 72.9 Å². The predicted molar refractivity (Wildman–Crippen MR) is 90.3 cm³/mol. The van der Waals surface area contributed by atoms with Crippen molar-refractivity contribution in [2.75, 3.05) is 0 Å². The lowest BCUT2D eigenvalue weighted by molar-refractivity contribution is 0.104. The summed E-state index contributed by atoms with van der Waals surface area (Å²) in [4.78, 5) is 12.9. The lowest BCUT2D eigenvalue weighted by atomic mass is 10.00. The van der Waals surface area contributed by atoms with E-state index in [9.17, 15) is 4.79 Å². The number of hydrogen-bond donors (Lipinski definition) is 0. The molecule has 1 heterocycles. The summed E-state index contributed by atoms with van der Waals surface area (Å²) in [7, 11) is 1.97. The summed E-state index contributed by atoms with van der Waals surface area (Å²) in [5, 5.41) is 3.24. The SMILES string of the molecule is Cn1cc(C(=O)c2ccc3ccccc3c2)c2ccccc21. The van der Waals surface area contributed by atoms with Crippen molar-refractivity contribution in [1.29, 1.82) is 0 Å². The van der Waals surface area contributed by atoms with E-state index in [1.165, 1.54) is 0 Å². The molecule has 0 amide bonds. The first kappa shape index (κ1) is 12.8. The molecule has 22 heavy (non-hydrogen) atoms. The minimum Gasteiger partial charge on any atom is -0.350 e. The summed E-state index contributed by atoms with van der Waals surface area (Å²) in [5.74, 6) is 0.0718. The van der Waals surface area contributed by atoms with Gasteiger partial charge in [-0.05, 0) is 22.9 Å². The molecule has 0 bridgehead atoms. The molecule has 0 aliphatic carbocycles. The van der Waals surface area contributed by atoms with Crippen LogP contribution in [0, 0.1) is 0 Å². The van der Waals surface area contributed by atoms with Crippen molar-refractivity contribution in [2.45, 2.75) is 0 Å². The van der Waals surface area contributed by atoms with Crippen molar-refractivity contribution in [3.05, 3.63) is 84.1 Å². The molecular weight excluding hydrogens is 270 g/mol. The molecule has 0 fully saturated rings. The third-order valence-electron chi connectivity index (χ3n) is 4.15. The number of rotatable bonds is 2. The van der Waals surface area contributed by atoms with Crippen LogP contribution >= 0.6 is 0 Å². The van der Waals surface area contributed by atoms with Gasteiger partial charge in [0.25, 0.3) is 0 Å². The van der Waals surface area contributed by atoms with E-state index in [0.717, 1.165) is 32.8 Å². The summed E-state index contributed by atoms with van der Waals surface area (Å²) in [6, 6.07) is 22.0. The van der Waals surface area contributed by atoms with Crippen molar-refractivity contribution in [2.24, 2.45) is 7.05 Å². The van der Waals surface area contributed by atoms with Crippen LogP contribution in [0.1, 0.15) is 15.9 Å². The standard InChI is InChI=1S/C20H15NO/c1-21-13-18(17-8-4-5-9-19(17)21)20(22)16-11-10-14-6-2-3-7-15(14)12-16/h2-13H,1H3. The van der Waals surface area contributed by atoms with Gasteiger partial charge in [-0.3, -0.25) is 4.79 Å². The fourth-order valence-corrected chi connectivity index (χ4v) is 3.01. The largest absolute Gasteiger partial charge is 0.350 e. The smallest absolute Gasteiger partial charge is 0.195 e. The van der Waals surface area contributed by atoms with Gasteiger partial charge in [0.05, 0.1) is 0 Å². The van der Waals surface area contributed by atoms with Gasteiger partial charge in [-0.15, -0.1) is 0 Å². The second-order valence-corrected chi connectivity index (χ2v) is 5.56. The summed E-state index contributed by atoms with van der Waals surface area (Å²) in [5.41, 5.74) is 2.56. The van der Waals surface area contributed by atoms with Crippen LogP contribution in [0.25, 0.3) is 21.7 Å². The van der Waals surface area contributed by atoms with Crippen molar-refractivity contribution in [3.63, 3.8) is 0 Å². The quantitative estimate of drug-likeness (QED) is 0.495. The fraction of sp³-hybridized carbons (Fsp3) is 0.0500. The molecule has 2 nitrogen and oxygen atoms in total. The number of fused-ring (bicyclic) bond motifs is 2. The van der Waals surface area contributed by atoms with Gasteiger partial charge < -0.3 is 4.57 Å². The van der Waals surface area contributed by atoms with Crippen LogP contribution in [0.4, 0.5) is 0 Å². The summed E-state index contributed by atoms with van der Waals surface area (Å²) in [6.07, 6.45) is 1.92. The Kier molecular flexibility index (Phi) is 2.83. The van der Waals surface area contributed by atoms with E-state index >= 15 is 0 Å². The molecular formula is C20H15NO. The van der Waals surface area contributed by atoms with Crippen LogP contribution in [-0.4, -0.2) is 10.4 Å². The average molecular weight is 285 g/mol. The number of carbonyl (C=O) groups is 1. The van der Waals surface area contributed by atoms with Gasteiger partial charge in [0.1, 0.15) is 0 Å². The van der Waals surface area contributed by atoms with E-state index in [4.69, 9.17) is 0 Å². The zero-order valence-corrected chi connectivity index (χ0v) is 12.3. The number of carbonyl (C=O) groups excluding carboxylic acids is 1. The van der Waals surface area contributed by atoms with Crippen LogP contribution in [-0.2, 0) is 7.05 Å². The van der Waals surface area contributed by atoms with Gasteiger partial charge >= 0.3 is 0 Å². The minimum absolute atomic E-state index is 0.0718. The summed E-state index contributed by atoms with van der Waals surface area (Å²) < 4.78 is 2.00. The normalized spacial score (nSPS) is 11.1. The fourth-order valence-electron chi connectivity index (χ4n) is 3.01. The van der Waals surface area contributed by atoms with Crippen LogP contribution in [0.5, 0.6) is 0 Å².